The van der Waals surface area contributed by atoms with Crippen molar-refractivity contribution in [2.24, 2.45) is 0 Å². The molecule has 35 heavy (non-hydrogen) atoms. The number of benzene rings is 3. The normalized spacial score (nSPS) is 16.7. The first-order valence-electron chi connectivity index (χ1n) is 12.3. The van der Waals surface area contributed by atoms with Gasteiger partial charge in [-0.25, -0.2) is 9.37 Å². The highest BCUT2D eigenvalue weighted by molar-refractivity contribution is 5.96. The summed E-state index contributed by atoms with van der Waals surface area (Å²) in [4.78, 5) is 19.4. The number of nitrogens with zero attached hydrogens (tertiary/aromatic N) is 3. The van der Waals surface area contributed by atoms with Crippen LogP contribution in [-0.2, 0) is 11.3 Å². The zero-order chi connectivity index (χ0) is 24.4. The number of amides is 1. The molecule has 1 aliphatic rings. The van der Waals surface area contributed by atoms with Crippen molar-refractivity contribution in [1.29, 1.82) is 0 Å². The summed E-state index contributed by atoms with van der Waals surface area (Å²) in [6.45, 7) is 6.00. The van der Waals surface area contributed by atoms with Crippen LogP contribution in [0.2, 0.25) is 0 Å². The smallest absolute Gasteiger partial charge is 0.227 e. The van der Waals surface area contributed by atoms with E-state index in [4.69, 9.17) is 9.72 Å². The molecular formula is C29H30FN3O2. The van der Waals surface area contributed by atoms with Crippen molar-refractivity contribution < 1.29 is 13.9 Å². The lowest BCUT2D eigenvalue weighted by Gasteiger charge is -2.18. The third-order valence-electron chi connectivity index (χ3n) is 6.94. The van der Waals surface area contributed by atoms with E-state index in [1.54, 1.807) is 17.0 Å². The lowest BCUT2D eigenvalue weighted by Crippen LogP contribution is -2.24. The van der Waals surface area contributed by atoms with E-state index in [1.165, 1.54) is 17.7 Å². The second-order valence-corrected chi connectivity index (χ2v) is 9.22. The van der Waals surface area contributed by atoms with E-state index in [2.05, 4.69) is 30.5 Å². The molecule has 6 heteroatoms. The maximum Gasteiger partial charge on any atom is 0.227 e. The third kappa shape index (κ3) is 4.78. The van der Waals surface area contributed by atoms with Gasteiger partial charge in [-0.3, -0.25) is 4.79 Å². The summed E-state index contributed by atoms with van der Waals surface area (Å²) in [7, 11) is 0. The van der Waals surface area contributed by atoms with Gasteiger partial charge in [0.1, 0.15) is 24.0 Å². The maximum atomic E-state index is 13.8. The van der Waals surface area contributed by atoms with E-state index in [-0.39, 0.29) is 17.6 Å². The summed E-state index contributed by atoms with van der Waals surface area (Å²) in [5.74, 6) is 1.81. The highest BCUT2D eigenvalue weighted by Gasteiger charge is 2.35. The van der Waals surface area contributed by atoms with Crippen molar-refractivity contribution in [3.8, 4) is 5.75 Å². The molecule has 0 N–H and O–H groups in total. The lowest BCUT2D eigenvalue weighted by atomic mass is 9.99. The van der Waals surface area contributed by atoms with Gasteiger partial charge in [0.2, 0.25) is 5.91 Å². The zero-order valence-electron chi connectivity index (χ0n) is 20.2. The molecule has 4 aromatic rings. The second-order valence-electron chi connectivity index (χ2n) is 9.22. The molecule has 5 rings (SSSR count). The molecule has 0 saturated carbocycles. The van der Waals surface area contributed by atoms with Crippen LogP contribution >= 0.6 is 0 Å². The molecule has 2 heterocycles. The van der Waals surface area contributed by atoms with Gasteiger partial charge in [0.25, 0.3) is 0 Å². The Morgan fingerprint density at radius 2 is 1.89 bits per heavy atom. The van der Waals surface area contributed by atoms with Gasteiger partial charge in [0.05, 0.1) is 17.6 Å². The number of anilines is 1. The molecule has 1 fully saturated rings. The van der Waals surface area contributed by atoms with Gasteiger partial charge in [0, 0.05) is 24.6 Å². The first-order chi connectivity index (χ1) is 17.0. The summed E-state index contributed by atoms with van der Waals surface area (Å²) in [5.41, 5.74) is 3.83. The molecule has 0 bridgehead atoms. The van der Waals surface area contributed by atoms with E-state index >= 15 is 0 Å². The fourth-order valence-electron chi connectivity index (χ4n) is 4.80. The molecule has 1 amide bonds. The fraction of sp³-hybridized carbons (Fsp3) is 0.310. The number of rotatable bonds is 8. The topological polar surface area (TPSA) is 47.4 Å². The van der Waals surface area contributed by atoms with Crippen LogP contribution in [-0.4, -0.2) is 28.6 Å². The average molecular weight is 472 g/mol. The Labute approximate surface area is 205 Å². The largest absolute Gasteiger partial charge is 0.492 e. The Morgan fingerprint density at radius 3 is 2.66 bits per heavy atom. The Bertz CT molecular complexity index is 1330. The van der Waals surface area contributed by atoms with Gasteiger partial charge in [-0.2, -0.15) is 0 Å². The van der Waals surface area contributed by atoms with Gasteiger partial charge in [0.15, 0.2) is 0 Å². The Hall–Kier alpha value is -3.67. The van der Waals surface area contributed by atoms with Crippen LogP contribution < -0.4 is 9.64 Å². The van der Waals surface area contributed by atoms with E-state index in [0.29, 0.717) is 37.7 Å². The second kappa shape index (κ2) is 9.90. The maximum absolute atomic E-state index is 13.8. The quantitative estimate of drug-likeness (QED) is 0.303. The van der Waals surface area contributed by atoms with E-state index in [0.717, 1.165) is 29.0 Å². The van der Waals surface area contributed by atoms with Gasteiger partial charge in [-0.15, -0.1) is 0 Å². The number of hydrogen-bond acceptors (Lipinski definition) is 3. The predicted molar refractivity (Wildman–Crippen MR) is 136 cm³/mol. The van der Waals surface area contributed by atoms with Crippen molar-refractivity contribution in [1.82, 2.24) is 9.55 Å². The van der Waals surface area contributed by atoms with Crippen molar-refractivity contribution in [2.45, 2.75) is 45.1 Å². The molecule has 1 aromatic heterocycles. The molecule has 5 nitrogen and oxygen atoms in total. The molecule has 0 spiro atoms. The summed E-state index contributed by atoms with van der Waals surface area (Å²) >= 11 is 0. The zero-order valence-corrected chi connectivity index (χ0v) is 20.2. The third-order valence-corrected chi connectivity index (χ3v) is 6.94. The summed E-state index contributed by atoms with van der Waals surface area (Å²) in [6.07, 6.45) is 1.45. The lowest BCUT2D eigenvalue weighted by molar-refractivity contribution is -0.117. The number of carbonyl (C=O) groups is 1. The van der Waals surface area contributed by atoms with Crippen LogP contribution in [0.5, 0.6) is 5.75 Å². The van der Waals surface area contributed by atoms with E-state index in [1.807, 2.05) is 36.4 Å². The van der Waals surface area contributed by atoms with E-state index < -0.39 is 0 Å². The molecule has 0 aliphatic carbocycles. The Morgan fingerprint density at radius 1 is 1.09 bits per heavy atom. The van der Waals surface area contributed by atoms with Crippen LogP contribution in [0.4, 0.5) is 10.1 Å². The van der Waals surface area contributed by atoms with Crippen molar-refractivity contribution >= 4 is 22.6 Å². The number of ether oxygens (including phenoxy) is 1. The van der Waals surface area contributed by atoms with Gasteiger partial charge < -0.3 is 14.2 Å². The number of carbonyl (C=O) groups excluding carboxylic acids is 1. The standard InChI is InChI=1S/C29H30FN3O2/c1-3-20(2)21-11-13-25(14-12-21)35-16-15-32-27-10-5-4-9-26(27)31-29(32)22-17-28(34)33(19-22)24-8-6-7-23(30)18-24/h4-14,18,20,22H,3,15-17,19H2,1-2H3. The number of fused-ring (bicyclic) bond motifs is 1. The number of aromatic nitrogens is 2. The molecule has 2 unspecified atom stereocenters. The molecule has 0 radical (unpaired) electrons. The average Bonchev–Trinajstić information content (AvgIpc) is 3.44. The van der Waals surface area contributed by atoms with Crippen LogP contribution in [0, 0.1) is 5.82 Å². The number of hydrogen-bond donors (Lipinski definition) is 0. The highest BCUT2D eigenvalue weighted by atomic mass is 19.1. The van der Waals surface area contributed by atoms with Crippen molar-refractivity contribution in [3.63, 3.8) is 0 Å². The van der Waals surface area contributed by atoms with Crippen molar-refractivity contribution in [2.75, 3.05) is 18.1 Å². The van der Waals surface area contributed by atoms with Crippen LogP contribution in [0.1, 0.15) is 49.9 Å². The minimum atomic E-state index is -0.347. The molecule has 180 valence electrons. The van der Waals surface area contributed by atoms with Crippen molar-refractivity contribution in [3.05, 3.63) is 90.0 Å². The van der Waals surface area contributed by atoms with Gasteiger partial charge in [-0.1, -0.05) is 44.2 Å². The number of halogens is 1. The van der Waals surface area contributed by atoms with Crippen LogP contribution in [0.3, 0.4) is 0 Å². The van der Waals surface area contributed by atoms with Gasteiger partial charge in [-0.05, 0) is 60.4 Å². The first-order valence-corrected chi connectivity index (χ1v) is 12.3. The minimum absolute atomic E-state index is 0.0168. The SMILES string of the molecule is CCC(C)c1ccc(OCCn2c(C3CC(=O)N(c4cccc(F)c4)C3)nc3ccccc32)cc1. The monoisotopic (exact) mass is 471 g/mol. The molecule has 3 aromatic carbocycles. The molecule has 1 saturated heterocycles. The van der Waals surface area contributed by atoms with Crippen LogP contribution in [0.15, 0.2) is 72.8 Å². The van der Waals surface area contributed by atoms with E-state index in [9.17, 15) is 9.18 Å². The first kappa shape index (κ1) is 23.1. The fourth-order valence-corrected chi connectivity index (χ4v) is 4.80. The summed E-state index contributed by atoms with van der Waals surface area (Å²) < 4.78 is 22.0. The number of para-hydroxylation sites is 2. The molecule has 2 atom stereocenters. The number of imidazole rings is 1. The Balaban J connectivity index is 1.35. The minimum Gasteiger partial charge on any atom is -0.492 e. The predicted octanol–water partition coefficient (Wildman–Crippen LogP) is 6.29. The summed E-state index contributed by atoms with van der Waals surface area (Å²) in [5, 5.41) is 0. The van der Waals surface area contributed by atoms with Crippen LogP contribution in [0.25, 0.3) is 11.0 Å². The molecule has 1 aliphatic heterocycles. The summed E-state index contributed by atoms with van der Waals surface area (Å²) in [6, 6.07) is 22.5. The highest BCUT2D eigenvalue weighted by Crippen LogP contribution is 2.33. The van der Waals surface area contributed by atoms with Gasteiger partial charge >= 0.3 is 0 Å². The Kier molecular flexibility index (Phi) is 6.53. The molecular weight excluding hydrogens is 441 g/mol.